The number of likely N-dealkylation sites (tertiary alicyclic amines) is 1. The number of rotatable bonds is 3. The Morgan fingerprint density at radius 2 is 1.92 bits per heavy atom. The highest BCUT2D eigenvalue weighted by molar-refractivity contribution is 4.93. The van der Waals surface area contributed by atoms with Crippen molar-refractivity contribution >= 4 is 0 Å². The van der Waals surface area contributed by atoms with E-state index in [9.17, 15) is 4.39 Å². The predicted molar refractivity (Wildman–Crippen MR) is 50.0 cm³/mol. The van der Waals surface area contributed by atoms with Crippen molar-refractivity contribution < 1.29 is 4.39 Å². The first-order valence-corrected chi connectivity index (χ1v) is 4.76. The van der Waals surface area contributed by atoms with Crippen molar-refractivity contribution in [2.24, 2.45) is 5.41 Å². The van der Waals surface area contributed by atoms with Crippen LogP contribution in [0.1, 0.15) is 34.1 Å². The molecule has 0 N–H and O–H groups in total. The second-order valence-electron chi connectivity index (χ2n) is 5.08. The lowest BCUT2D eigenvalue weighted by Crippen LogP contribution is -2.58. The van der Waals surface area contributed by atoms with Crippen molar-refractivity contribution in [2.75, 3.05) is 19.6 Å². The molecule has 0 atom stereocenters. The Labute approximate surface area is 74.9 Å². The van der Waals surface area contributed by atoms with Crippen molar-refractivity contribution in [3.05, 3.63) is 0 Å². The molecule has 12 heavy (non-hydrogen) atoms. The highest BCUT2D eigenvalue weighted by Gasteiger charge is 2.40. The lowest BCUT2D eigenvalue weighted by Gasteiger charge is -2.45. The molecule has 0 bridgehead atoms. The van der Waals surface area contributed by atoms with Crippen molar-refractivity contribution in [1.29, 1.82) is 0 Å². The molecule has 1 aliphatic heterocycles. The molecule has 1 saturated heterocycles. The van der Waals surface area contributed by atoms with Gasteiger partial charge in [0, 0.05) is 19.6 Å². The summed E-state index contributed by atoms with van der Waals surface area (Å²) in [5.74, 6) is 0. The number of alkyl halides is 1. The molecule has 1 aliphatic rings. The van der Waals surface area contributed by atoms with Gasteiger partial charge in [0.2, 0.25) is 0 Å². The molecule has 0 saturated carbocycles. The average molecular weight is 173 g/mol. The summed E-state index contributed by atoms with van der Waals surface area (Å²) in [5, 5.41) is 0. The van der Waals surface area contributed by atoms with Crippen LogP contribution < -0.4 is 0 Å². The van der Waals surface area contributed by atoms with Crippen molar-refractivity contribution in [1.82, 2.24) is 4.90 Å². The van der Waals surface area contributed by atoms with Gasteiger partial charge in [-0.15, -0.1) is 0 Å². The average Bonchev–Trinajstić information content (AvgIpc) is 1.83. The second-order valence-corrected chi connectivity index (χ2v) is 5.08. The lowest BCUT2D eigenvalue weighted by atomic mass is 9.87. The Bertz CT molecular complexity index is 155. The fourth-order valence-corrected chi connectivity index (χ4v) is 1.72. The molecule has 0 aromatic heterocycles. The van der Waals surface area contributed by atoms with Gasteiger partial charge in [-0.05, 0) is 18.8 Å². The molecular formula is C10H20FN. The Morgan fingerprint density at radius 3 is 2.25 bits per heavy atom. The lowest BCUT2D eigenvalue weighted by molar-refractivity contribution is -0.0365. The highest BCUT2D eigenvalue weighted by atomic mass is 19.1. The summed E-state index contributed by atoms with van der Waals surface area (Å²) in [4.78, 5) is 2.20. The third-order valence-electron chi connectivity index (χ3n) is 2.72. The van der Waals surface area contributed by atoms with Gasteiger partial charge < -0.3 is 0 Å². The number of halogens is 1. The first kappa shape index (κ1) is 9.97. The van der Waals surface area contributed by atoms with E-state index < -0.39 is 5.67 Å². The van der Waals surface area contributed by atoms with Crippen LogP contribution in [0, 0.1) is 5.41 Å². The number of nitrogens with zero attached hydrogens (tertiary/aromatic N) is 1. The van der Waals surface area contributed by atoms with E-state index in [1.807, 2.05) is 0 Å². The molecule has 2 heteroatoms. The van der Waals surface area contributed by atoms with Gasteiger partial charge >= 0.3 is 0 Å². The molecule has 0 radical (unpaired) electrons. The Kier molecular flexibility index (Phi) is 2.48. The van der Waals surface area contributed by atoms with Crippen LogP contribution in [0.4, 0.5) is 4.39 Å². The van der Waals surface area contributed by atoms with Gasteiger partial charge in [-0.1, -0.05) is 20.8 Å². The van der Waals surface area contributed by atoms with E-state index in [-0.39, 0.29) is 0 Å². The first-order chi connectivity index (χ1) is 5.35. The minimum atomic E-state index is -0.913. The van der Waals surface area contributed by atoms with Crippen LogP contribution in [-0.2, 0) is 0 Å². The highest BCUT2D eigenvalue weighted by Crippen LogP contribution is 2.29. The van der Waals surface area contributed by atoms with Crippen molar-refractivity contribution in [2.45, 2.75) is 39.8 Å². The molecule has 72 valence electrons. The summed E-state index contributed by atoms with van der Waals surface area (Å²) < 4.78 is 13.1. The minimum Gasteiger partial charge on any atom is -0.296 e. The third kappa shape index (κ3) is 2.44. The molecule has 1 heterocycles. The maximum Gasteiger partial charge on any atom is 0.133 e. The fraction of sp³-hybridized carbons (Fsp3) is 1.00. The quantitative estimate of drug-likeness (QED) is 0.633. The zero-order valence-electron chi connectivity index (χ0n) is 8.65. The van der Waals surface area contributed by atoms with E-state index in [1.165, 1.54) is 0 Å². The van der Waals surface area contributed by atoms with Crippen molar-refractivity contribution in [3.8, 4) is 0 Å². The summed E-state index contributed by atoms with van der Waals surface area (Å²) in [6.07, 6.45) is 1.16. The molecule has 0 aromatic carbocycles. The van der Waals surface area contributed by atoms with E-state index in [0.717, 1.165) is 13.0 Å². The SMILES string of the molecule is CCC(C)(C)CN1CC(C)(F)C1. The third-order valence-corrected chi connectivity index (χ3v) is 2.72. The number of hydrogen-bond acceptors (Lipinski definition) is 1. The molecule has 1 nitrogen and oxygen atoms in total. The van der Waals surface area contributed by atoms with Crippen LogP contribution in [0.25, 0.3) is 0 Å². The normalized spacial score (nSPS) is 23.8. The Hall–Kier alpha value is -0.110. The van der Waals surface area contributed by atoms with E-state index in [0.29, 0.717) is 18.5 Å². The van der Waals surface area contributed by atoms with Crippen LogP contribution in [0.5, 0.6) is 0 Å². The topological polar surface area (TPSA) is 3.24 Å². The maximum atomic E-state index is 13.1. The summed E-state index contributed by atoms with van der Waals surface area (Å²) in [7, 11) is 0. The Balaban J connectivity index is 2.27. The molecule has 0 spiro atoms. The minimum absolute atomic E-state index is 0.344. The Morgan fingerprint density at radius 1 is 1.42 bits per heavy atom. The molecule has 0 aromatic rings. The van der Waals surface area contributed by atoms with Crippen LogP contribution in [0.15, 0.2) is 0 Å². The van der Waals surface area contributed by atoms with Crippen LogP contribution in [0.3, 0.4) is 0 Å². The van der Waals surface area contributed by atoms with E-state index in [1.54, 1.807) is 6.92 Å². The largest absolute Gasteiger partial charge is 0.296 e. The zero-order valence-corrected chi connectivity index (χ0v) is 8.65. The summed E-state index contributed by atoms with van der Waals surface area (Å²) in [6.45, 7) is 10.6. The maximum absolute atomic E-state index is 13.1. The van der Waals surface area contributed by atoms with Gasteiger partial charge in [-0.25, -0.2) is 4.39 Å². The van der Waals surface area contributed by atoms with Gasteiger partial charge in [0.25, 0.3) is 0 Å². The van der Waals surface area contributed by atoms with Crippen LogP contribution >= 0.6 is 0 Å². The monoisotopic (exact) mass is 173 g/mol. The second kappa shape index (κ2) is 2.99. The molecule has 0 unspecified atom stereocenters. The molecule has 0 aliphatic carbocycles. The zero-order chi connectivity index (χ0) is 9.41. The summed E-state index contributed by atoms with van der Waals surface area (Å²) in [6, 6.07) is 0. The number of hydrogen-bond donors (Lipinski definition) is 0. The summed E-state index contributed by atoms with van der Waals surface area (Å²) in [5.41, 5.74) is -0.569. The molecule has 0 amide bonds. The van der Waals surface area contributed by atoms with Crippen LogP contribution in [-0.4, -0.2) is 30.2 Å². The van der Waals surface area contributed by atoms with Gasteiger partial charge in [-0.3, -0.25) is 4.90 Å². The van der Waals surface area contributed by atoms with Gasteiger partial charge in [0.05, 0.1) is 0 Å². The van der Waals surface area contributed by atoms with Gasteiger partial charge in [0.15, 0.2) is 0 Å². The predicted octanol–water partition coefficient (Wildman–Crippen LogP) is 2.47. The standard InChI is InChI=1S/C10H20FN/c1-5-9(2,3)6-12-7-10(4,11)8-12/h5-8H2,1-4H3. The molecular weight excluding hydrogens is 153 g/mol. The molecule has 1 fully saturated rings. The van der Waals surface area contributed by atoms with Gasteiger partial charge in [0.1, 0.15) is 5.67 Å². The van der Waals surface area contributed by atoms with Crippen molar-refractivity contribution in [3.63, 3.8) is 0 Å². The summed E-state index contributed by atoms with van der Waals surface area (Å²) >= 11 is 0. The van der Waals surface area contributed by atoms with Gasteiger partial charge in [-0.2, -0.15) is 0 Å². The van der Waals surface area contributed by atoms with Crippen LogP contribution in [0.2, 0.25) is 0 Å². The first-order valence-electron chi connectivity index (χ1n) is 4.76. The fourth-order valence-electron chi connectivity index (χ4n) is 1.72. The smallest absolute Gasteiger partial charge is 0.133 e. The van der Waals surface area contributed by atoms with E-state index in [4.69, 9.17) is 0 Å². The molecule has 1 rings (SSSR count). The van der Waals surface area contributed by atoms with E-state index >= 15 is 0 Å². The van der Waals surface area contributed by atoms with E-state index in [2.05, 4.69) is 25.7 Å².